The van der Waals surface area contributed by atoms with Gasteiger partial charge in [-0.05, 0) is 24.9 Å². The third-order valence-corrected chi connectivity index (χ3v) is 2.42. The highest BCUT2D eigenvalue weighted by Crippen LogP contribution is 2.08. The van der Waals surface area contributed by atoms with E-state index in [-0.39, 0.29) is 0 Å². The third-order valence-electron chi connectivity index (χ3n) is 2.42. The lowest BCUT2D eigenvalue weighted by molar-refractivity contribution is 0.730. The van der Waals surface area contributed by atoms with E-state index in [4.69, 9.17) is 0 Å². The van der Waals surface area contributed by atoms with Gasteiger partial charge in [-0.25, -0.2) is 0 Å². The quantitative estimate of drug-likeness (QED) is 0.724. The van der Waals surface area contributed by atoms with Crippen LogP contribution >= 0.6 is 0 Å². The molecule has 1 aliphatic heterocycles. The van der Waals surface area contributed by atoms with Gasteiger partial charge >= 0.3 is 0 Å². The molecule has 1 aliphatic rings. The van der Waals surface area contributed by atoms with Crippen LogP contribution in [0.2, 0.25) is 0 Å². The molecule has 0 aromatic heterocycles. The van der Waals surface area contributed by atoms with Gasteiger partial charge in [-0.1, -0.05) is 42.5 Å². The normalized spacial score (nSPS) is 22.6. The van der Waals surface area contributed by atoms with Crippen molar-refractivity contribution in [3.05, 3.63) is 42.0 Å². The van der Waals surface area contributed by atoms with E-state index in [2.05, 4.69) is 41.7 Å². The maximum absolute atomic E-state index is 3.44. The Morgan fingerprint density at radius 1 is 1.23 bits per heavy atom. The van der Waals surface area contributed by atoms with E-state index in [9.17, 15) is 0 Å². The van der Waals surface area contributed by atoms with Gasteiger partial charge < -0.3 is 5.32 Å². The zero-order valence-corrected chi connectivity index (χ0v) is 7.74. The van der Waals surface area contributed by atoms with E-state index in [1.807, 2.05) is 6.07 Å². The zero-order valence-electron chi connectivity index (χ0n) is 7.74. The first-order valence-corrected chi connectivity index (χ1v) is 4.92. The SMILES string of the molecule is C(=CC1CCCN1)c1ccccc1. The van der Waals surface area contributed by atoms with Gasteiger partial charge in [-0.2, -0.15) is 0 Å². The summed E-state index contributed by atoms with van der Waals surface area (Å²) in [6.07, 6.45) is 7.05. The van der Waals surface area contributed by atoms with E-state index in [1.165, 1.54) is 24.9 Å². The molecule has 0 bridgehead atoms. The second kappa shape index (κ2) is 4.24. The van der Waals surface area contributed by atoms with Crippen molar-refractivity contribution in [3.8, 4) is 0 Å². The van der Waals surface area contributed by atoms with Crippen LogP contribution in [0.25, 0.3) is 6.08 Å². The molecule has 1 heterocycles. The minimum atomic E-state index is 0.597. The molecule has 1 nitrogen and oxygen atoms in total. The molecule has 1 unspecified atom stereocenters. The average molecular weight is 173 g/mol. The Morgan fingerprint density at radius 2 is 2.08 bits per heavy atom. The van der Waals surface area contributed by atoms with Crippen LogP contribution in [0.15, 0.2) is 36.4 Å². The van der Waals surface area contributed by atoms with E-state index < -0.39 is 0 Å². The summed E-state index contributed by atoms with van der Waals surface area (Å²) in [7, 11) is 0. The topological polar surface area (TPSA) is 12.0 Å². The molecule has 1 fully saturated rings. The molecule has 0 spiro atoms. The van der Waals surface area contributed by atoms with Gasteiger partial charge in [-0.3, -0.25) is 0 Å². The summed E-state index contributed by atoms with van der Waals surface area (Å²) >= 11 is 0. The van der Waals surface area contributed by atoms with Crippen LogP contribution < -0.4 is 5.32 Å². The molecule has 1 aromatic carbocycles. The van der Waals surface area contributed by atoms with Crippen LogP contribution in [-0.4, -0.2) is 12.6 Å². The van der Waals surface area contributed by atoms with E-state index in [1.54, 1.807) is 0 Å². The Hall–Kier alpha value is -1.08. The van der Waals surface area contributed by atoms with Crippen LogP contribution in [0, 0.1) is 0 Å². The minimum Gasteiger partial charge on any atom is -0.311 e. The molecule has 1 heteroatoms. The molecule has 1 N–H and O–H groups in total. The molecule has 13 heavy (non-hydrogen) atoms. The van der Waals surface area contributed by atoms with E-state index in [0.717, 1.165) is 0 Å². The van der Waals surface area contributed by atoms with Gasteiger partial charge in [0.05, 0.1) is 0 Å². The first-order chi connectivity index (χ1) is 6.45. The maximum atomic E-state index is 3.44. The van der Waals surface area contributed by atoms with Crippen molar-refractivity contribution in [1.29, 1.82) is 0 Å². The molecule has 0 aliphatic carbocycles. The molecule has 1 aromatic rings. The van der Waals surface area contributed by atoms with Crippen molar-refractivity contribution in [2.24, 2.45) is 0 Å². The van der Waals surface area contributed by atoms with Gasteiger partial charge in [0.25, 0.3) is 0 Å². The minimum absolute atomic E-state index is 0.597. The average Bonchev–Trinajstić information content (AvgIpc) is 2.69. The number of hydrogen-bond acceptors (Lipinski definition) is 1. The van der Waals surface area contributed by atoms with Crippen LogP contribution in [0.5, 0.6) is 0 Å². The fraction of sp³-hybridized carbons (Fsp3) is 0.333. The highest BCUT2D eigenvalue weighted by Gasteiger charge is 2.09. The van der Waals surface area contributed by atoms with Gasteiger partial charge in [0.1, 0.15) is 0 Å². The van der Waals surface area contributed by atoms with Crippen molar-refractivity contribution in [2.45, 2.75) is 18.9 Å². The third kappa shape index (κ3) is 2.43. The Morgan fingerprint density at radius 3 is 2.77 bits per heavy atom. The number of hydrogen-bond donors (Lipinski definition) is 1. The van der Waals surface area contributed by atoms with Crippen molar-refractivity contribution >= 4 is 6.08 Å². The Labute approximate surface area is 79.5 Å². The van der Waals surface area contributed by atoms with Gasteiger partial charge in [0.2, 0.25) is 0 Å². The van der Waals surface area contributed by atoms with Gasteiger partial charge in [0, 0.05) is 6.04 Å². The highest BCUT2D eigenvalue weighted by atomic mass is 14.9. The Balaban J connectivity index is 1.97. The maximum Gasteiger partial charge on any atom is 0.0253 e. The molecule has 1 saturated heterocycles. The lowest BCUT2D eigenvalue weighted by Crippen LogP contribution is -2.17. The summed E-state index contributed by atoms with van der Waals surface area (Å²) in [6.45, 7) is 1.17. The molecule has 0 radical (unpaired) electrons. The van der Waals surface area contributed by atoms with Gasteiger partial charge in [-0.15, -0.1) is 0 Å². The molecule has 68 valence electrons. The Bertz CT molecular complexity index is 270. The molecule has 0 saturated carbocycles. The predicted molar refractivity (Wildman–Crippen MR) is 56.5 cm³/mol. The van der Waals surface area contributed by atoms with Crippen LogP contribution in [0.1, 0.15) is 18.4 Å². The smallest absolute Gasteiger partial charge is 0.0253 e. The van der Waals surface area contributed by atoms with Crippen LogP contribution in [0.4, 0.5) is 0 Å². The molecule has 1 atom stereocenters. The van der Waals surface area contributed by atoms with Gasteiger partial charge in [0.15, 0.2) is 0 Å². The van der Waals surface area contributed by atoms with Crippen molar-refractivity contribution in [3.63, 3.8) is 0 Å². The monoisotopic (exact) mass is 173 g/mol. The lowest BCUT2D eigenvalue weighted by Gasteiger charge is -2.01. The molecular formula is C12H15N. The molecule has 2 rings (SSSR count). The second-order valence-electron chi connectivity index (χ2n) is 3.47. The molecular weight excluding hydrogens is 158 g/mol. The summed E-state index contributed by atoms with van der Waals surface area (Å²) in [6, 6.07) is 11.0. The zero-order chi connectivity index (χ0) is 8.93. The predicted octanol–water partition coefficient (Wildman–Crippen LogP) is 2.45. The van der Waals surface area contributed by atoms with Crippen molar-refractivity contribution < 1.29 is 0 Å². The van der Waals surface area contributed by atoms with Crippen molar-refractivity contribution in [1.82, 2.24) is 5.32 Å². The summed E-state index contributed by atoms with van der Waals surface area (Å²) < 4.78 is 0. The summed E-state index contributed by atoms with van der Waals surface area (Å²) in [4.78, 5) is 0. The first-order valence-electron chi connectivity index (χ1n) is 4.92. The fourth-order valence-electron chi connectivity index (χ4n) is 1.67. The highest BCUT2D eigenvalue weighted by molar-refractivity contribution is 5.49. The molecule has 0 amide bonds. The Kier molecular flexibility index (Phi) is 2.78. The number of nitrogens with one attached hydrogen (secondary N) is 1. The number of rotatable bonds is 2. The van der Waals surface area contributed by atoms with Crippen LogP contribution in [0.3, 0.4) is 0 Å². The van der Waals surface area contributed by atoms with E-state index >= 15 is 0 Å². The van der Waals surface area contributed by atoms with E-state index in [0.29, 0.717) is 6.04 Å². The fourth-order valence-corrected chi connectivity index (χ4v) is 1.67. The summed E-state index contributed by atoms with van der Waals surface area (Å²) in [5, 5.41) is 3.44. The largest absolute Gasteiger partial charge is 0.311 e. The van der Waals surface area contributed by atoms with Crippen LogP contribution in [-0.2, 0) is 0 Å². The standard InChI is InChI=1S/C12H15N/c1-2-5-11(6-3-1)8-9-12-7-4-10-13-12/h1-3,5-6,8-9,12-13H,4,7,10H2. The summed E-state index contributed by atoms with van der Waals surface area (Å²) in [5.41, 5.74) is 1.29. The number of benzene rings is 1. The second-order valence-corrected chi connectivity index (χ2v) is 3.47. The lowest BCUT2D eigenvalue weighted by atomic mass is 10.1. The summed E-state index contributed by atoms with van der Waals surface area (Å²) in [5.74, 6) is 0. The van der Waals surface area contributed by atoms with Crippen molar-refractivity contribution in [2.75, 3.05) is 6.54 Å². The first kappa shape index (κ1) is 8.52.